The molecule has 0 saturated heterocycles. The van der Waals surface area contributed by atoms with E-state index in [-0.39, 0.29) is 16.5 Å². The minimum atomic E-state index is -0.283. The van der Waals surface area contributed by atoms with Crippen LogP contribution in [0.4, 0.5) is 0 Å². The van der Waals surface area contributed by atoms with Crippen LogP contribution in [0.2, 0.25) is 0 Å². The summed E-state index contributed by atoms with van der Waals surface area (Å²) in [5, 5.41) is 9.36. The van der Waals surface area contributed by atoms with E-state index in [4.69, 9.17) is 22.1 Å². The van der Waals surface area contributed by atoms with E-state index >= 15 is 0 Å². The number of carbonyl (C=O) groups is 1. The van der Waals surface area contributed by atoms with E-state index in [1.165, 1.54) is 0 Å². The van der Waals surface area contributed by atoms with Gasteiger partial charge in [0.1, 0.15) is 11.4 Å². The molecule has 5 heteroatoms. The quantitative estimate of drug-likeness (QED) is 0.349. The third-order valence-corrected chi connectivity index (χ3v) is 3.10. The van der Waals surface area contributed by atoms with Gasteiger partial charge in [0.15, 0.2) is 5.05 Å². The fourth-order valence-electron chi connectivity index (χ4n) is 1.52. The lowest BCUT2D eigenvalue weighted by molar-refractivity contribution is 0.109. The van der Waals surface area contributed by atoms with Crippen LogP contribution in [0.15, 0.2) is 54.6 Å². The number of hydrogen-bond acceptors (Lipinski definition) is 4. The minimum absolute atomic E-state index is 0.185. The molecule has 0 unspecified atom stereocenters. The van der Waals surface area contributed by atoms with Crippen LogP contribution in [0.3, 0.4) is 0 Å². The highest BCUT2D eigenvalue weighted by atomic mass is 32.1. The number of thiocarbonyl (C=S) groups is 1. The van der Waals surface area contributed by atoms with E-state index in [9.17, 15) is 4.79 Å². The van der Waals surface area contributed by atoms with Crippen molar-refractivity contribution in [2.75, 3.05) is 0 Å². The van der Waals surface area contributed by atoms with Crippen LogP contribution in [-0.2, 0) is 4.74 Å². The zero-order valence-electron chi connectivity index (χ0n) is 20.5. The van der Waals surface area contributed by atoms with Gasteiger partial charge in [-0.25, -0.2) is 0 Å². The molecule has 2 aromatic carbocycles. The van der Waals surface area contributed by atoms with E-state index in [0.717, 1.165) is 17.4 Å². The summed E-state index contributed by atoms with van der Waals surface area (Å²) in [7, 11) is 0. The molecule has 0 bridgehead atoms. The number of benzene rings is 2. The van der Waals surface area contributed by atoms with Gasteiger partial charge in [0.2, 0.25) is 5.12 Å². The van der Waals surface area contributed by atoms with E-state index in [2.05, 4.69) is 54.2 Å². The summed E-state index contributed by atoms with van der Waals surface area (Å²) in [6.45, 7) is 18.8. The monoisotopic (exact) mass is 464 g/mol. The van der Waals surface area contributed by atoms with Crippen molar-refractivity contribution in [3.63, 3.8) is 0 Å². The van der Waals surface area contributed by atoms with E-state index in [1.54, 1.807) is 36.4 Å². The number of carbonyl (C=O) groups excluding carboxylic acids is 1. The molecule has 0 aromatic heterocycles. The number of ether oxygens (including phenoxy) is 1. The van der Waals surface area contributed by atoms with E-state index in [0.29, 0.717) is 10.6 Å². The highest BCUT2D eigenvalue weighted by Gasteiger charge is 2.14. The zero-order valence-corrected chi connectivity index (χ0v) is 22.2. The van der Waals surface area contributed by atoms with Gasteiger partial charge in [-0.15, -0.1) is 12.6 Å². The van der Waals surface area contributed by atoms with E-state index in [1.807, 2.05) is 39.0 Å². The van der Waals surface area contributed by atoms with E-state index < -0.39 is 0 Å². The smallest absolute Gasteiger partial charge is 0.216 e. The number of phenolic OH excluding ortho intramolecular Hbond substituents is 1. The lowest BCUT2D eigenvalue weighted by atomic mass is 10.2. The first-order valence-electron chi connectivity index (χ1n) is 10.5. The summed E-state index contributed by atoms with van der Waals surface area (Å²) in [5.74, 6) is 1.90. The molecule has 0 aliphatic carbocycles. The Balaban J connectivity index is 0. The molecule has 0 spiro atoms. The van der Waals surface area contributed by atoms with Gasteiger partial charge < -0.3 is 9.84 Å². The summed E-state index contributed by atoms with van der Waals surface area (Å²) in [6, 6.07) is 15.6. The molecule has 0 heterocycles. The maximum Gasteiger partial charge on any atom is 0.216 e. The molecule has 0 radical (unpaired) electrons. The Labute approximate surface area is 200 Å². The van der Waals surface area contributed by atoms with Gasteiger partial charge in [-0.05, 0) is 69.1 Å². The highest BCUT2D eigenvalue weighted by molar-refractivity contribution is 7.97. The van der Waals surface area contributed by atoms with Crippen LogP contribution in [0.5, 0.6) is 5.75 Å². The molecule has 3 nitrogen and oxygen atoms in total. The maximum atomic E-state index is 10.5. The fraction of sp³-hybridized carbons (Fsp3) is 0.462. The molecular formula is C26H40O3S2. The summed E-state index contributed by atoms with van der Waals surface area (Å²) >= 11 is 8.76. The largest absolute Gasteiger partial charge is 0.508 e. The molecule has 31 heavy (non-hydrogen) atoms. The summed E-state index contributed by atoms with van der Waals surface area (Å²) in [4.78, 5) is 10.5. The van der Waals surface area contributed by atoms with Crippen molar-refractivity contribution in [2.45, 2.75) is 67.9 Å². The summed E-state index contributed by atoms with van der Waals surface area (Å²) in [6.07, 6.45) is 0. The van der Waals surface area contributed by atoms with Crippen LogP contribution in [0, 0.1) is 11.8 Å². The first-order valence-corrected chi connectivity index (χ1v) is 11.3. The normalized spacial score (nSPS) is 9.94. The average Bonchev–Trinajstić information content (AvgIpc) is 2.61. The number of aromatic hydroxyl groups is 1. The first kappa shape index (κ1) is 31.3. The topological polar surface area (TPSA) is 46.5 Å². The minimum Gasteiger partial charge on any atom is -0.508 e. The van der Waals surface area contributed by atoms with Gasteiger partial charge in [-0.1, -0.05) is 71.9 Å². The standard InChI is InChI=1S/C11H14O2S.C7H6OS.2C4H10/c1-11(2,3)13-10(14)8-4-6-9(12)7-5-8;8-7(9)6-4-2-1-3-5-6;2*1-4(2)3/h4-7,12H,1-3H3;1-5H,(H,8,9);2*4H,1-3H3. The number of thiol groups is 1. The molecule has 0 amide bonds. The fourth-order valence-corrected chi connectivity index (χ4v) is 2.05. The van der Waals surface area contributed by atoms with Crippen molar-refractivity contribution < 1.29 is 14.6 Å². The Kier molecular flexibility index (Phi) is 17.0. The van der Waals surface area contributed by atoms with Crippen molar-refractivity contribution in [1.29, 1.82) is 0 Å². The summed E-state index contributed by atoms with van der Waals surface area (Å²) < 4.78 is 5.51. The lowest BCUT2D eigenvalue weighted by Gasteiger charge is -2.21. The van der Waals surface area contributed by atoms with Gasteiger partial charge in [-0.2, -0.15) is 0 Å². The number of hydrogen-bond donors (Lipinski definition) is 2. The van der Waals surface area contributed by atoms with Crippen molar-refractivity contribution in [3.8, 4) is 5.75 Å². The maximum absolute atomic E-state index is 10.5. The van der Waals surface area contributed by atoms with Gasteiger partial charge in [0.05, 0.1) is 0 Å². The third-order valence-electron chi connectivity index (χ3n) is 2.52. The Morgan fingerprint density at radius 3 is 1.52 bits per heavy atom. The lowest BCUT2D eigenvalue weighted by Crippen LogP contribution is -2.23. The Bertz CT molecular complexity index is 720. The third kappa shape index (κ3) is 22.7. The van der Waals surface area contributed by atoms with Crippen molar-refractivity contribution in [2.24, 2.45) is 11.8 Å². The number of phenols is 1. The Hall–Kier alpha value is -1.85. The molecule has 174 valence electrons. The van der Waals surface area contributed by atoms with Gasteiger partial charge >= 0.3 is 0 Å². The molecule has 0 atom stereocenters. The van der Waals surface area contributed by atoms with Crippen molar-refractivity contribution in [3.05, 3.63) is 65.7 Å². The second-order valence-corrected chi connectivity index (χ2v) is 9.96. The zero-order chi connectivity index (χ0) is 24.6. The first-order chi connectivity index (χ1) is 14.2. The Morgan fingerprint density at radius 1 is 0.839 bits per heavy atom. The molecule has 2 aromatic rings. The average molecular weight is 465 g/mol. The highest BCUT2D eigenvalue weighted by Crippen LogP contribution is 2.15. The van der Waals surface area contributed by atoms with Crippen LogP contribution < -0.4 is 0 Å². The van der Waals surface area contributed by atoms with Gasteiger partial charge in [-0.3, -0.25) is 4.79 Å². The molecule has 0 aliphatic rings. The van der Waals surface area contributed by atoms with Crippen LogP contribution in [0.25, 0.3) is 0 Å². The molecule has 2 rings (SSSR count). The molecule has 0 fully saturated rings. The number of rotatable bonds is 2. The molecule has 0 saturated carbocycles. The molecular weight excluding hydrogens is 424 g/mol. The van der Waals surface area contributed by atoms with Crippen molar-refractivity contribution >= 4 is 35.0 Å². The van der Waals surface area contributed by atoms with Crippen LogP contribution >= 0.6 is 24.8 Å². The molecule has 0 aliphatic heterocycles. The second-order valence-electron chi connectivity index (χ2n) is 9.18. The second kappa shape index (κ2) is 16.8. The van der Waals surface area contributed by atoms with Crippen LogP contribution in [-0.4, -0.2) is 20.9 Å². The van der Waals surface area contributed by atoms with Gasteiger partial charge in [0.25, 0.3) is 0 Å². The van der Waals surface area contributed by atoms with Gasteiger partial charge in [0, 0.05) is 11.1 Å². The SMILES string of the molecule is CC(C)(C)OC(=S)c1ccc(O)cc1.CC(C)C.CC(C)C.O=C(S)c1ccccc1. The van der Waals surface area contributed by atoms with Crippen LogP contribution in [0.1, 0.15) is 78.2 Å². The Morgan fingerprint density at radius 2 is 1.23 bits per heavy atom. The molecule has 1 N–H and O–H groups in total. The summed E-state index contributed by atoms with van der Waals surface area (Å²) in [5.41, 5.74) is 1.17. The predicted octanol–water partition coefficient (Wildman–Crippen LogP) is 7.96. The van der Waals surface area contributed by atoms with Crippen molar-refractivity contribution in [1.82, 2.24) is 0 Å². The predicted molar refractivity (Wildman–Crippen MR) is 141 cm³/mol.